The number of Topliss-reactive ketones (excluding diaryl/α,β-unsaturated/α-hetero) is 1. The topological polar surface area (TPSA) is 44.8 Å². The summed E-state index contributed by atoms with van der Waals surface area (Å²) in [7, 11) is 0. The highest BCUT2D eigenvalue weighted by Gasteiger charge is 2.11. The van der Waals surface area contributed by atoms with E-state index in [1.807, 2.05) is 6.92 Å². The standard InChI is InChI=1S/C16H32O4/c1-5-6-15(4)16(17)13-20-12-11-19-10-9-18-8-7-14(2)3/h14-15H,5-13H2,1-4H3. The maximum absolute atomic E-state index is 11.6. The first-order valence-corrected chi connectivity index (χ1v) is 7.83. The minimum atomic E-state index is 0.107. The van der Waals surface area contributed by atoms with Crippen LogP contribution in [0.5, 0.6) is 0 Å². The third kappa shape index (κ3) is 12.6. The van der Waals surface area contributed by atoms with Gasteiger partial charge in [-0.3, -0.25) is 4.79 Å². The van der Waals surface area contributed by atoms with Gasteiger partial charge in [0.1, 0.15) is 6.61 Å². The van der Waals surface area contributed by atoms with Gasteiger partial charge in [-0.2, -0.15) is 0 Å². The van der Waals surface area contributed by atoms with E-state index in [4.69, 9.17) is 14.2 Å². The molecule has 1 atom stereocenters. The van der Waals surface area contributed by atoms with Crippen LogP contribution in [0.3, 0.4) is 0 Å². The second-order valence-corrected chi connectivity index (χ2v) is 5.62. The highest BCUT2D eigenvalue weighted by atomic mass is 16.5. The number of hydrogen-bond acceptors (Lipinski definition) is 4. The summed E-state index contributed by atoms with van der Waals surface area (Å²) in [5, 5.41) is 0. The van der Waals surface area contributed by atoms with E-state index in [0.29, 0.717) is 32.3 Å². The van der Waals surface area contributed by atoms with E-state index in [1.165, 1.54) is 0 Å². The highest BCUT2D eigenvalue weighted by Crippen LogP contribution is 2.06. The van der Waals surface area contributed by atoms with Crippen LogP contribution in [0.1, 0.15) is 47.0 Å². The highest BCUT2D eigenvalue weighted by molar-refractivity contribution is 5.81. The molecule has 0 aromatic rings. The Balaban J connectivity index is 3.22. The van der Waals surface area contributed by atoms with Crippen molar-refractivity contribution in [3.05, 3.63) is 0 Å². The molecule has 0 fully saturated rings. The van der Waals surface area contributed by atoms with Gasteiger partial charge in [0.2, 0.25) is 0 Å². The molecule has 0 spiro atoms. The van der Waals surface area contributed by atoms with E-state index in [1.54, 1.807) is 0 Å². The zero-order valence-corrected chi connectivity index (χ0v) is 13.7. The van der Waals surface area contributed by atoms with Gasteiger partial charge in [0.15, 0.2) is 5.78 Å². The van der Waals surface area contributed by atoms with E-state index in [9.17, 15) is 4.79 Å². The fourth-order valence-corrected chi connectivity index (χ4v) is 1.67. The van der Waals surface area contributed by atoms with Crippen molar-refractivity contribution in [3.8, 4) is 0 Å². The molecule has 0 N–H and O–H groups in total. The van der Waals surface area contributed by atoms with Crippen LogP contribution in [0.2, 0.25) is 0 Å². The summed E-state index contributed by atoms with van der Waals surface area (Å²) in [5.41, 5.74) is 0. The van der Waals surface area contributed by atoms with Gasteiger partial charge in [0.05, 0.1) is 26.4 Å². The summed E-state index contributed by atoms with van der Waals surface area (Å²) in [6, 6.07) is 0. The van der Waals surface area contributed by atoms with Crippen LogP contribution < -0.4 is 0 Å². The van der Waals surface area contributed by atoms with Crippen LogP contribution in [0.15, 0.2) is 0 Å². The first kappa shape index (κ1) is 19.6. The fraction of sp³-hybridized carbons (Fsp3) is 0.938. The molecule has 20 heavy (non-hydrogen) atoms. The molecule has 0 aliphatic carbocycles. The number of hydrogen-bond donors (Lipinski definition) is 0. The van der Waals surface area contributed by atoms with E-state index in [-0.39, 0.29) is 18.3 Å². The van der Waals surface area contributed by atoms with Crippen molar-refractivity contribution in [2.75, 3.05) is 39.6 Å². The lowest BCUT2D eigenvalue weighted by molar-refractivity contribution is -0.127. The second kappa shape index (κ2) is 13.5. The molecule has 0 aliphatic heterocycles. The van der Waals surface area contributed by atoms with Gasteiger partial charge in [-0.15, -0.1) is 0 Å². The molecular weight excluding hydrogens is 256 g/mol. The Morgan fingerprint density at radius 2 is 1.40 bits per heavy atom. The Morgan fingerprint density at radius 3 is 1.95 bits per heavy atom. The van der Waals surface area contributed by atoms with Crippen molar-refractivity contribution in [1.82, 2.24) is 0 Å². The lowest BCUT2D eigenvalue weighted by Gasteiger charge is -2.10. The third-order valence-electron chi connectivity index (χ3n) is 3.10. The average molecular weight is 288 g/mol. The van der Waals surface area contributed by atoms with Crippen molar-refractivity contribution < 1.29 is 19.0 Å². The summed E-state index contributed by atoms with van der Waals surface area (Å²) in [6.45, 7) is 11.6. The minimum Gasteiger partial charge on any atom is -0.379 e. The molecule has 0 saturated heterocycles. The van der Waals surface area contributed by atoms with Gasteiger partial charge in [-0.25, -0.2) is 0 Å². The summed E-state index contributed by atoms with van der Waals surface area (Å²) >= 11 is 0. The maximum Gasteiger partial charge on any atom is 0.161 e. The largest absolute Gasteiger partial charge is 0.379 e. The van der Waals surface area contributed by atoms with Crippen molar-refractivity contribution in [1.29, 1.82) is 0 Å². The molecule has 0 aliphatic rings. The van der Waals surface area contributed by atoms with Gasteiger partial charge in [0, 0.05) is 12.5 Å². The predicted molar refractivity (Wildman–Crippen MR) is 81.0 cm³/mol. The van der Waals surface area contributed by atoms with Crippen molar-refractivity contribution in [2.45, 2.75) is 47.0 Å². The summed E-state index contributed by atoms with van der Waals surface area (Å²) in [4.78, 5) is 11.6. The fourth-order valence-electron chi connectivity index (χ4n) is 1.67. The molecule has 0 aromatic carbocycles. The Labute approximate surface area is 124 Å². The van der Waals surface area contributed by atoms with Crippen LogP contribution in [0.4, 0.5) is 0 Å². The molecule has 0 heterocycles. The van der Waals surface area contributed by atoms with E-state index < -0.39 is 0 Å². The van der Waals surface area contributed by atoms with Crippen molar-refractivity contribution in [3.63, 3.8) is 0 Å². The van der Waals surface area contributed by atoms with Gasteiger partial charge < -0.3 is 14.2 Å². The molecule has 4 nitrogen and oxygen atoms in total. The Morgan fingerprint density at radius 1 is 0.850 bits per heavy atom. The Bertz CT molecular complexity index is 229. The van der Waals surface area contributed by atoms with Gasteiger partial charge >= 0.3 is 0 Å². The van der Waals surface area contributed by atoms with Crippen LogP contribution in [-0.2, 0) is 19.0 Å². The molecule has 0 saturated carbocycles. The second-order valence-electron chi connectivity index (χ2n) is 5.62. The molecule has 0 aromatic heterocycles. The predicted octanol–water partition coefficient (Wildman–Crippen LogP) is 3.09. The number of rotatable bonds is 14. The lowest BCUT2D eigenvalue weighted by Crippen LogP contribution is -2.19. The van der Waals surface area contributed by atoms with Crippen LogP contribution in [0.25, 0.3) is 0 Å². The summed E-state index contributed by atoms with van der Waals surface area (Å²) < 4.78 is 16.1. The number of carbonyl (C=O) groups is 1. The molecule has 0 bridgehead atoms. The van der Waals surface area contributed by atoms with Gasteiger partial charge in [-0.1, -0.05) is 34.1 Å². The lowest BCUT2D eigenvalue weighted by atomic mass is 10.0. The zero-order chi connectivity index (χ0) is 15.2. The summed E-state index contributed by atoms with van der Waals surface area (Å²) in [6.07, 6.45) is 3.06. The monoisotopic (exact) mass is 288 g/mol. The first-order valence-electron chi connectivity index (χ1n) is 7.83. The number of carbonyl (C=O) groups excluding carboxylic acids is 1. The molecule has 0 amide bonds. The van der Waals surface area contributed by atoms with Gasteiger partial charge in [-0.05, 0) is 18.8 Å². The molecule has 1 unspecified atom stereocenters. The van der Waals surface area contributed by atoms with E-state index >= 15 is 0 Å². The normalized spacial score (nSPS) is 12.8. The zero-order valence-electron chi connectivity index (χ0n) is 13.7. The van der Waals surface area contributed by atoms with Crippen LogP contribution in [-0.4, -0.2) is 45.4 Å². The molecule has 120 valence electrons. The summed E-state index contributed by atoms with van der Waals surface area (Å²) in [5.74, 6) is 0.969. The molecular formula is C16H32O4. The first-order chi connectivity index (χ1) is 9.57. The maximum atomic E-state index is 11.6. The van der Waals surface area contributed by atoms with E-state index in [0.717, 1.165) is 25.9 Å². The molecule has 0 rings (SSSR count). The molecule has 0 radical (unpaired) electrons. The minimum absolute atomic E-state index is 0.107. The van der Waals surface area contributed by atoms with Gasteiger partial charge in [0.25, 0.3) is 0 Å². The number of ketones is 1. The quantitative estimate of drug-likeness (QED) is 0.461. The van der Waals surface area contributed by atoms with E-state index in [2.05, 4.69) is 20.8 Å². The number of ether oxygens (including phenoxy) is 3. The Hall–Kier alpha value is -0.450. The van der Waals surface area contributed by atoms with Crippen LogP contribution >= 0.6 is 0 Å². The van der Waals surface area contributed by atoms with Crippen molar-refractivity contribution in [2.24, 2.45) is 11.8 Å². The van der Waals surface area contributed by atoms with Crippen LogP contribution in [0, 0.1) is 11.8 Å². The smallest absolute Gasteiger partial charge is 0.161 e. The average Bonchev–Trinajstić information content (AvgIpc) is 2.40. The molecule has 4 heteroatoms. The SMILES string of the molecule is CCCC(C)C(=O)COCCOCCOCCC(C)C. The van der Waals surface area contributed by atoms with Crippen molar-refractivity contribution >= 4 is 5.78 Å². The third-order valence-corrected chi connectivity index (χ3v) is 3.10. The Kier molecular flexibility index (Phi) is 13.2.